The Kier molecular flexibility index (Phi) is 6.32. The first-order valence-electron chi connectivity index (χ1n) is 7.66. The minimum Gasteiger partial charge on any atom is -0.490 e. The second-order valence-electron chi connectivity index (χ2n) is 5.28. The van der Waals surface area contributed by atoms with Crippen LogP contribution in [0.3, 0.4) is 0 Å². The van der Waals surface area contributed by atoms with Gasteiger partial charge in [-0.15, -0.1) is 0 Å². The van der Waals surface area contributed by atoms with Gasteiger partial charge in [-0.2, -0.15) is 0 Å². The number of carbonyl (C=O) groups excluding carboxylic acids is 1. The quantitative estimate of drug-likeness (QED) is 0.609. The van der Waals surface area contributed by atoms with E-state index in [2.05, 4.69) is 11.9 Å². The summed E-state index contributed by atoms with van der Waals surface area (Å²) in [4.78, 5) is 12.0. The minimum absolute atomic E-state index is 0.197. The molecule has 0 aliphatic rings. The lowest BCUT2D eigenvalue weighted by molar-refractivity contribution is -0.117. The highest BCUT2D eigenvalue weighted by Gasteiger charge is 2.07. The van der Waals surface area contributed by atoms with Gasteiger partial charge in [0, 0.05) is 6.08 Å². The fourth-order valence-corrected chi connectivity index (χ4v) is 2.10. The summed E-state index contributed by atoms with van der Waals surface area (Å²) in [5.41, 5.74) is 1.74. The molecule has 0 fully saturated rings. The number of benzene rings is 2. The van der Waals surface area contributed by atoms with Gasteiger partial charge in [0.25, 0.3) is 0 Å². The topological polar surface area (TPSA) is 38.3 Å². The van der Waals surface area contributed by atoms with Crippen LogP contribution in [0.15, 0.2) is 67.3 Å². The van der Waals surface area contributed by atoms with E-state index >= 15 is 0 Å². The Hall–Kier alpha value is -2.88. The van der Waals surface area contributed by atoms with Crippen LogP contribution < -0.4 is 10.1 Å². The van der Waals surface area contributed by atoms with E-state index in [1.807, 2.05) is 31.2 Å². The second kappa shape index (κ2) is 8.67. The molecule has 2 rings (SSSR count). The molecule has 124 valence electrons. The summed E-state index contributed by atoms with van der Waals surface area (Å²) in [5.74, 6) is 0.248. The highest BCUT2D eigenvalue weighted by Crippen LogP contribution is 2.14. The Morgan fingerprint density at radius 2 is 1.88 bits per heavy atom. The molecule has 1 N–H and O–H groups in total. The van der Waals surface area contributed by atoms with Gasteiger partial charge in [0.1, 0.15) is 18.2 Å². The zero-order valence-electron chi connectivity index (χ0n) is 13.5. The first kappa shape index (κ1) is 17.5. The normalized spacial score (nSPS) is 11.9. The Labute approximate surface area is 141 Å². The SMILES string of the molecule is C=CCOc1ccc(/C=C/C(=O)N[C@@H](C)c2ccc(F)cc2)cc1. The van der Waals surface area contributed by atoms with Crippen molar-refractivity contribution in [1.29, 1.82) is 0 Å². The van der Waals surface area contributed by atoms with Gasteiger partial charge >= 0.3 is 0 Å². The van der Waals surface area contributed by atoms with E-state index in [0.717, 1.165) is 16.9 Å². The molecule has 2 aromatic carbocycles. The van der Waals surface area contributed by atoms with E-state index in [-0.39, 0.29) is 17.8 Å². The van der Waals surface area contributed by atoms with Gasteiger partial charge in [-0.05, 0) is 48.4 Å². The van der Waals surface area contributed by atoms with Crippen LogP contribution in [-0.4, -0.2) is 12.5 Å². The number of halogens is 1. The van der Waals surface area contributed by atoms with Crippen LogP contribution in [0.1, 0.15) is 24.1 Å². The van der Waals surface area contributed by atoms with Gasteiger partial charge < -0.3 is 10.1 Å². The summed E-state index contributed by atoms with van der Waals surface area (Å²) in [5, 5.41) is 2.84. The third-order valence-corrected chi connectivity index (χ3v) is 3.40. The molecule has 1 atom stereocenters. The van der Waals surface area contributed by atoms with Crippen molar-refractivity contribution in [3.05, 3.63) is 84.2 Å². The van der Waals surface area contributed by atoms with Crippen LogP contribution >= 0.6 is 0 Å². The van der Waals surface area contributed by atoms with Crippen LogP contribution in [0.4, 0.5) is 4.39 Å². The van der Waals surface area contributed by atoms with Crippen LogP contribution in [0, 0.1) is 5.82 Å². The first-order chi connectivity index (χ1) is 11.6. The van der Waals surface area contributed by atoms with E-state index in [4.69, 9.17) is 4.74 Å². The van der Waals surface area contributed by atoms with Gasteiger partial charge in [0.05, 0.1) is 6.04 Å². The maximum atomic E-state index is 12.9. The molecule has 0 unspecified atom stereocenters. The lowest BCUT2D eigenvalue weighted by Gasteiger charge is -2.12. The van der Waals surface area contributed by atoms with Crippen molar-refractivity contribution in [3.63, 3.8) is 0 Å². The van der Waals surface area contributed by atoms with Gasteiger partial charge in [-0.25, -0.2) is 4.39 Å². The van der Waals surface area contributed by atoms with Crippen molar-refractivity contribution >= 4 is 12.0 Å². The first-order valence-corrected chi connectivity index (χ1v) is 7.66. The van der Waals surface area contributed by atoms with E-state index in [9.17, 15) is 9.18 Å². The van der Waals surface area contributed by atoms with Gasteiger partial charge in [-0.1, -0.05) is 36.9 Å². The fourth-order valence-electron chi connectivity index (χ4n) is 2.10. The molecule has 3 nitrogen and oxygen atoms in total. The molecular formula is C20H20FNO2. The summed E-state index contributed by atoms with van der Waals surface area (Å²) < 4.78 is 18.3. The summed E-state index contributed by atoms with van der Waals surface area (Å²) in [6, 6.07) is 13.3. The predicted octanol–water partition coefficient (Wildman–Crippen LogP) is 4.28. The van der Waals surface area contributed by atoms with E-state index in [1.54, 1.807) is 24.3 Å². The number of nitrogens with one attached hydrogen (secondary N) is 1. The molecule has 0 spiro atoms. The van der Waals surface area contributed by atoms with E-state index in [1.165, 1.54) is 18.2 Å². The second-order valence-corrected chi connectivity index (χ2v) is 5.28. The number of carbonyl (C=O) groups is 1. The summed E-state index contributed by atoms with van der Waals surface area (Å²) >= 11 is 0. The number of hydrogen-bond acceptors (Lipinski definition) is 2. The van der Waals surface area contributed by atoms with Crippen molar-refractivity contribution in [2.75, 3.05) is 6.61 Å². The lowest BCUT2D eigenvalue weighted by Crippen LogP contribution is -2.24. The van der Waals surface area contributed by atoms with Crippen molar-refractivity contribution < 1.29 is 13.9 Å². The molecular weight excluding hydrogens is 305 g/mol. The van der Waals surface area contributed by atoms with Crippen molar-refractivity contribution in [3.8, 4) is 5.75 Å². The maximum Gasteiger partial charge on any atom is 0.244 e. The molecule has 0 aliphatic carbocycles. The number of ether oxygens (including phenoxy) is 1. The maximum absolute atomic E-state index is 12.9. The monoisotopic (exact) mass is 325 g/mol. The van der Waals surface area contributed by atoms with Crippen molar-refractivity contribution in [2.24, 2.45) is 0 Å². The molecule has 0 aromatic heterocycles. The Morgan fingerprint density at radius 3 is 2.50 bits per heavy atom. The smallest absolute Gasteiger partial charge is 0.244 e. The Bertz CT molecular complexity index is 705. The fraction of sp³-hybridized carbons (Fsp3) is 0.150. The minimum atomic E-state index is -0.294. The number of hydrogen-bond donors (Lipinski definition) is 1. The standard InChI is InChI=1S/C20H20FNO2/c1-3-14-24-19-11-4-16(5-12-19)6-13-20(23)22-15(2)17-7-9-18(21)10-8-17/h3-13,15H,1,14H2,2H3,(H,22,23)/b13-6+/t15-/m0/s1. The third kappa shape index (κ3) is 5.39. The molecule has 0 aliphatic heterocycles. The number of rotatable bonds is 7. The number of amides is 1. The molecule has 4 heteroatoms. The van der Waals surface area contributed by atoms with Crippen molar-refractivity contribution in [2.45, 2.75) is 13.0 Å². The largest absolute Gasteiger partial charge is 0.490 e. The molecule has 0 saturated heterocycles. The highest BCUT2D eigenvalue weighted by molar-refractivity contribution is 5.91. The zero-order valence-corrected chi connectivity index (χ0v) is 13.5. The molecule has 0 bridgehead atoms. The van der Waals surface area contributed by atoms with Gasteiger partial charge in [-0.3, -0.25) is 4.79 Å². The average Bonchev–Trinajstić information content (AvgIpc) is 2.59. The average molecular weight is 325 g/mol. The molecule has 0 saturated carbocycles. The van der Waals surface area contributed by atoms with Crippen LogP contribution in [0.5, 0.6) is 5.75 Å². The Morgan fingerprint density at radius 1 is 1.21 bits per heavy atom. The molecule has 24 heavy (non-hydrogen) atoms. The molecule has 0 heterocycles. The predicted molar refractivity (Wildman–Crippen MR) is 94.1 cm³/mol. The van der Waals surface area contributed by atoms with E-state index in [0.29, 0.717) is 6.61 Å². The molecule has 1 amide bonds. The Balaban J connectivity index is 1.90. The summed E-state index contributed by atoms with van der Waals surface area (Å²) in [6.45, 7) is 5.90. The zero-order chi connectivity index (χ0) is 17.4. The van der Waals surface area contributed by atoms with Gasteiger partial charge in [0.15, 0.2) is 0 Å². The van der Waals surface area contributed by atoms with E-state index < -0.39 is 0 Å². The van der Waals surface area contributed by atoms with Crippen LogP contribution in [-0.2, 0) is 4.79 Å². The van der Waals surface area contributed by atoms with Crippen LogP contribution in [0.25, 0.3) is 6.08 Å². The molecule has 0 radical (unpaired) electrons. The van der Waals surface area contributed by atoms with Crippen molar-refractivity contribution in [1.82, 2.24) is 5.32 Å². The highest BCUT2D eigenvalue weighted by atomic mass is 19.1. The third-order valence-electron chi connectivity index (χ3n) is 3.40. The van der Waals surface area contributed by atoms with Crippen LogP contribution in [0.2, 0.25) is 0 Å². The summed E-state index contributed by atoms with van der Waals surface area (Å²) in [7, 11) is 0. The molecule has 2 aromatic rings. The summed E-state index contributed by atoms with van der Waals surface area (Å²) in [6.07, 6.45) is 4.88. The van der Waals surface area contributed by atoms with Gasteiger partial charge in [0.2, 0.25) is 5.91 Å². The lowest BCUT2D eigenvalue weighted by atomic mass is 10.1.